The van der Waals surface area contributed by atoms with Crippen molar-refractivity contribution >= 4 is 5.91 Å². The van der Waals surface area contributed by atoms with Gasteiger partial charge in [0, 0.05) is 12.1 Å². The molecule has 4 heteroatoms. The Morgan fingerprint density at radius 2 is 2.16 bits per heavy atom. The van der Waals surface area contributed by atoms with Gasteiger partial charge in [0.2, 0.25) is 5.91 Å². The average Bonchev–Trinajstić information content (AvgIpc) is 2.34. The van der Waals surface area contributed by atoms with Crippen molar-refractivity contribution in [1.82, 2.24) is 15.5 Å². The highest BCUT2D eigenvalue weighted by atomic mass is 16.2. The van der Waals surface area contributed by atoms with Gasteiger partial charge in [-0.15, -0.1) is 0 Å². The van der Waals surface area contributed by atoms with E-state index in [0.717, 1.165) is 26.2 Å². The van der Waals surface area contributed by atoms with E-state index in [-0.39, 0.29) is 17.5 Å². The van der Waals surface area contributed by atoms with Crippen LogP contribution in [0.1, 0.15) is 47.5 Å². The van der Waals surface area contributed by atoms with Crippen molar-refractivity contribution in [3.8, 4) is 0 Å². The summed E-state index contributed by atoms with van der Waals surface area (Å²) in [4.78, 5) is 14.5. The molecule has 0 bridgehead atoms. The SMILES string of the molecule is CCN(CC1CCCNC1)C(C)C(=O)NC(C)(C)C. The van der Waals surface area contributed by atoms with Crippen molar-refractivity contribution in [2.75, 3.05) is 26.2 Å². The molecule has 0 spiro atoms. The van der Waals surface area contributed by atoms with E-state index in [4.69, 9.17) is 0 Å². The lowest BCUT2D eigenvalue weighted by molar-refractivity contribution is -0.127. The summed E-state index contributed by atoms with van der Waals surface area (Å²) in [5.41, 5.74) is -0.156. The predicted molar refractivity (Wildman–Crippen MR) is 80.2 cm³/mol. The van der Waals surface area contributed by atoms with Gasteiger partial charge < -0.3 is 10.6 Å². The third kappa shape index (κ3) is 5.91. The van der Waals surface area contributed by atoms with Crippen LogP contribution in [-0.4, -0.2) is 48.6 Å². The Labute approximate surface area is 118 Å². The number of hydrogen-bond donors (Lipinski definition) is 2. The average molecular weight is 269 g/mol. The van der Waals surface area contributed by atoms with Crippen molar-refractivity contribution in [3.63, 3.8) is 0 Å². The molecule has 112 valence electrons. The second-order valence-corrected chi connectivity index (χ2v) is 6.72. The van der Waals surface area contributed by atoms with E-state index >= 15 is 0 Å². The third-order valence-corrected chi connectivity index (χ3v) is 3.72. The van der Waals surface area contributed by atoms with Gasteiger partial charge in [-0.2, -0.15) is 0 Å². The highest BCUT2D eigenvalue weighted by Gasteiger charge is 2.26. The molecular formula is C15H31N3O. The van der Waals surface area contributed by atoms with E-state index < -0.39 is 0 Å². The molecule has 0 aliphatic carbocycles. The molecule has 0 saturated carbocycles. The minimum atomic E-state index is -0.156. The Hall–Kier alpha value is -0.610. The first-order valence-electron chi connectivity index (χ1n) is 7.60. The fourth-order valence-electron chi connectivity index (χ4n) is 2.61. The summed E-state index contributed by atoms with van der Waals surface area (Å²) in [6.45, 7) is 14.4. The van der Waals surface area contributed by atoms with Crippen LogP contribution < -0.4 is 10.6 Å². The van der Waals surface area contributed by atoms with Gasteiger partial charge in [0.15, 0.2) is 0 Å². The fraction of sp³-hybridized carbons (Fsp3) is 0.933. The number of likely N-dealkylation sites (N-methyl/N-ethyl adjacent to an activating group) is 1. The molecule has 1 rings (SSSR count). The number of hydrogen-bond acceptors (Lipinski definition) is 3. The van der Waals surface area contributed by atoms with Crippen LogP contribution in [0.3, 0.4) is 0 Å². The number of nitrogens with one attached hydrogen (secondary N) is 2. The lowest BCUT2D eigenvalue weighted by atomic mass is 9.98. The summed E-state index contributed by atoms with van der Waals surface area (Å²) in [5, 5.41) is 6.52. The minimum absolute atomic E-state index is 0.0499. The van der Waals surface area contributed by atoms with Crippen LogP contribution >= 0.6 is 0 Å². The minimum Gasteiger partial charge on any atom is -0.350 e. The zero-order chi connectivity index (χ0) is 14.5. The van der Waals surface area contributed by atoms with Gasteiger partial charge in [0.05, 0.1) is 6.04 Å². The highest BCUT2D eigenvalue weighted by Crippen LogP contribution is 2.14. The second-order valence-electron chi connectivity index (χ2n) is 6.72. The summed E-state index contributed by atoms with van der Waals surface area (Å²) >= 11 is 0. The summed E-state index contributed by atoms with van der Waals surface area (Å²) in [7, 11) is 0. The van der Waals surface area contributed by atoms with Gasteiger partial charge in [0.25, 0.3) is 0 Å². The third-order valence-electron chi connectivity index (χ3n) is 3.72. The monoisotopic (exact) mass is 269 g/mol. The van der Waals surface area contributed by atoms with Crippen LogP contribution in [0, 0.1) is 5.92 Å². The van der Waals surface area contributed by atoms with Gasteiger partial charge in [-0.3, -0.25) is 9.69 Å². The Morgan fingerprint density at radius 1 is 1.47 bits per heavy atom. The van der Waals surface area contributed by atoms with E-state index in [1.54, 1.807) is 0 Å². The molecule has 1 saturated heterocycles. The molecule has 1 heterocycles. The first kappa shape index (κ1) is 16.4. The van der Waals surface area contributed by atoms with Crippen molar-refractivity contribution in [2.45, 2.75) is 59.0 Å². The van der Waals surface area contributed by atoms with E-state index in [9.17, 15) is 4.79 Å². The number of piperidine rings is 1. The maximum Gasteiger partial charge on any atom is 0.237 e. The molecule has 0 aromatic carbocycles. The molecule has 2 atom stereocenters. The molecule has 2 N–H and O–H groups in total. The second kappa shape index (κ2) is 7.25. The van der Waals surface area contributed by atoms with Gasteiger partial charge >= 0.3 is 0 Å². The molecule has 0 aromatic heterocycles. The zero-order valence-corrected chi connectivity index (χ0v) is 13.3. The Morgan fingerprint density at radius 3 is 2.63 bits per heavy atom. The lowest BCUT2D eigenvalue weighted by Crippen LogP contribution is -2.52. The molecular weight excluding hydrogens is 238 g/mol. The van der Waals surface area contributed by atoms with Crippen LogP contribution in [0.2, 0.25) is 0 Å². The topological polar surface area (TPSA) is 44.4 Å². The van der Waals surface area contributed by atoms with Gasteiger partial charge in [-0.25, -0.2) is 0 Å². The zero-order valence-electron chi connectivity index (χ0n) is 13.3. The largest absolute Gasteiger partial charge is 0.350 e. The molecule has 1 fully saturated rings. The standard InChI is InChI=1S/C15H31N3O/c1-6-18(11-13-8-7-9-16-10-13)12(2)14(19)17-15(3,4)5/h12-13,16H,6-11H2,1-5H3,(H,17,19). The maximum atomic E-state index is 12.2. The summed E-state index contributed by atoms with van der Waals surface area (Å²) in [6.07, 6.45) is 2.53. The maximum absolute atomic E-state index is 12.2. The number of rotatable bonds is 5. The summed E-state index contributed by atoms with van der Waals surface area (Å²) in [5.74, 6) is 0.816. The Balaban J connectivity index is 2.50. The normalized spacial score (nSPS) is 22.3. The molecule has 0 aromatic rings. The van der Waals surface area contributed by atoms with Crippen LogP contribution in [0.15, 0.2) is 0 Å². The molecule has 0 radical (unpaired) electrons. The molecule has 1 aliphatic rings. The van der Waals surface area contributed by atoms with Crippen molar-refractivity contribution in [1.29, 1.82) is 0 Å². The first-order chi connectivity index (χ1) is 8.83. The quantitative estimate of drug-likeness (QED) is 0.797. The van der Waals surface area contributed by atoms with E-state index in [0.29, 0.717) is 5.92 Å². The number of amides is 1. The van der Waals surface area contributed by atoms with Gasteiger partial charge in [-0.1, -0.05) is 6.92 Å². The number of carbonyl (C=O) groups excluding carboxylic acids is 1. The smallest absolute Gasteiger partial charge is 0.237 e. The summed E-state index contributed by atoms with van der Waals surface area (Å²) in [6, 6.07) is -0.0499. The molecule has 2 unspecified atom stereocenters. The summed E-state index contributed by atoms with van der Waals surface area (Å²) < 4.78 is 0. The molecule has 1 amide bonds. The number of nitrogens with zero attached hydrogens (tertiary/aromatic N) is 1. The lowest BCUT2D eigenvalue weighted by Gasteiger charge is -2.34. The Kier molecular flexibility index (Phi) is 6.27. The van der Waals surface area contributed by atoms with Crippen LogP contribution in [-0.2, 0) is 4.79 Å². The van der Waals surface area contributed by atoms with Crippen molar-refractivity contribution in [2.24, 2.45) is 5.92 Å². The van der Waals surface area contributed by atoms with E-state index in [1.165, 1.54) is 12.8 Å². The van der Waals surface area contributed by atoms with E-state index in [1.807, 2.05) is 27.7 Å². The number of carbonyl (C=O) groups is 1. The van der Waals surface area contributed by atoms with Crippen molar-refractivity contribution in [3.05, 3.63) is 0 Å². The first-order valence-corrected chi connectivity index (χ1v) is 7.60. The predicted octanol–water partition coefficient (Wildman–Crippen LogP) is 1.61. The van der Waals surface area contributed by atoms with Crippen LogP contribution in [0.5, 0.6) is 0 Å². The van der Waals surface area contributed by atoms with Crippen LogP contribution in [0.4, 0.5) is 0 Å². The fourth-order valence-corrected chi connectivity index (χ4v) is 2.61. The van der Waals surface area contributed by atoms with Crippen molar-refractivity contribution < 1.29 is 4.79 Å². The van der Waals surface area contributed by atoms with Crippen LogP contribution in [0.25, 0.3) is 0 Å². The molecule has 19 heavy (non-hydrogen) atoms. The Bertz CT molecular complexity index is 280. The van der Waals surface area contributed by atoms with Gasteiger partial charge in [-0.05, 0) is 66.1 Å². The van der Waals surface area contributed by atoms with Gasteiger partial charge in [0.1, 0.15) is 0 Å². The molecule has 1 aliphatic heterocycles. The molecule has 4 nitrogen and oxygen atoms in total. The van der Waals surface area contributed by atoms with E-state index in [2.05, 4.69) is 22.5 Å². The highest BCUT2D eigenvalue weighted by molar-refractivity contribution is 5.81.